The van der Waals surface area contributed by atoms with E-state index in [1.54, 1.807) is 23.2 Å². The van der Waals surface area contributed by atoms with Gasteiger partial charge in [-0.05, 0) is 18.2 Å². The van der Waals surface area contributed by atoms with Crippen LogP contribution in [-0.4, -0.2) is 19.6 Å². The van der Waals surface area contributed by atoms with Crippen molar-refractivity contribution in [1.82, 2.24) is 19.6 Å². The van der Waals surface area contributed by atoms with Gasteiger partial charge in [-0.3, -0.25) is 0 Å². The highest BCUT2D eigenvalue weighted by atomic mass is 15.2. The summed E-state index contributed by atoms with van der Waals surface area (Å²) in [7, 11) is 0. The molecule has 0 bridgehead atoms. The Morgan fingerprint density at radius 3 is 3.08 bits per heavy atom. The molecule has 0 aliphatic rings. The Bertz CT molecular complexity index is 570. The maximum atomic E-state index is 4.17. The quantitative estimate of drug-likeness (QED) is 0.510. The van der Waals surface area contributed by atoms with Gasteiger partial charge >= 0.3 is 0 Å². The Morgan fingerprint density at radius 2 is 2.08 bits per heavy atom. The van der Waals surface area contributed by atoms with E-state index in [2.05, 4.69) is 15.1 Å². The summed E-state index contributed by atoms with van der Waals surface area (Å²) in [6.45, 7) is 0. The Balaban J connectivity index is 2.65. The first-order valence-corrected chi connectivity index (χ1v) is 3.98. The number of nitrogens with zero attached hydrogens (tertiary/aromatic N) is 4. The van der Waals surface area contributed by atoms with Gasteiger partial charge in [0.25, 0.3) is 0 Å². The first-order chi connectivity index (χ1) is 6.45. The van der Waals surface area contributed by atoms with Crippen LogP contribution in [0, 0.1) is 0 Å². The smallest absolute Gasteiger partial charge is 0.163 e. The lowest BCUT2D eigenvalue weighted by Crippen LogP contribution is -1.91. The monoisotopic (exact) mass is 170 g/mol. The van der Waals surface area contributed by atoms with Gasteiger partial charge in [0.15, 0.2) is 5.65 Å². The predicted octanol–water partition coefficient (Wildman–Crippen LogP) is 1.28. The summed E-state index contributed by atoms with van der Waals surface area (Å²) in [6, 6.07) is 5.84. The maximum absolute atomic E-state index is 4.17. The van der Waals surface area contributed by atoms with Gasteiger partial charge < -0.3 is 0 Å². The minimum atomic E-state index is 0.760. The minimum absolute atomic E-state index is 0.760. The molecule has 0 unspecified atom stereocenters. The number of aromatic nitrogens is 4. The Kier molecular flexibility index (Phi) is 1.14. The third-order valence-corrected chi connectivity index (χ3v) is 2.02. The topological polar surface area (TPSA) is 43.1 Å². The molecule has 13 heavy (non-hydrogen) atoms. The van der Waals surface area contributed by atoms with Crippen LogP contribution in [-0.2, 0) is 0 Å². The first kappa shape index (κ1) is 6.54. The van der Waals surface area contributed by atoms with E-state index in [0.717, 1.165) is 16.6 Å². The predicted molar refractivity (Wildman–Crippen MR) is 48.3 cm³/mol. The van der Waals surface area contributed by atoms with Crippen molar-refractivity contribution in [2.24, 2.45) is 0 Å². The van der Waals surface area contributed by atoms with Crippen molar-refractivity contribution in [2.75, 3.05) is 0 Å². The van der Waals surface area contributed by atoms with Crippen molar-refractivity contribution < 1.29 is 0 Å². The molecule has 4 nitrogen and oxygen atoms in total. The van der Waals surface area contributed by atoms with Crippen LogP contribution >= 0.6 is 0 Å². The summed E-state index contributed by atoms with van der Waals surface area (Å²) in [5, 5.41) is 5.13. The second-order valence-corrected chi connectivity index (χ2v) is 2.78. The van der Waals surface area contributed by atoms with Crippen LogP contribution in [0.3, 0.4) is 0 Å². The van der Waals surface area contributed by atoms with Crippen molar-refractivity contribution in [3.63, 3.8) is 0 Å². The molecule has 62 valence electrons. The number of pyridine rings is 1. The second kappa shape index (κ2) is 2.26. The molecule has 3 rings (SSSR count). The van der Waals surface area contributed by atoms with Gasteiger partial charge in [-0.1, -0.05) is 0 Å². The molecule has 0 saturated carbocycles. The third-order valence-electron chi connectivity index (χ3n) is 2.02. The standard InChI is InChI=1S/C9H6N4/c1-2-7-8-3-5-12-13(8)6-11-9(7)10-4-1/h1-6H. The summed E-state index contributed by atoms with van der Waals surface area (Å²) in [5.41, 5.74) is 1.80. The molecule has 3 heterocycles. The molecule has 0 aliphatic heterocycles. The van der Waals surface area contributed by atoms with Crippen molar-refractivity contribution in [2.45, 2.75) is 0 Å². The molecule has 0 amide bonds. The summed E-state index contributed by atoms with van der Waals surface area (Å²) in [5.74, 6) is 0. The fourth-order valence-electron chi connectivity index (χ4n) is 1.43. The Hall–Kier alpha value is -1.97. The summed E-state index contributed by atoms with van der Waals surface area (Å²) < 4.78 is 1.74. The zero-order chi connectivity index (χ0) is 8.67. The van der Waals surface area contributed by atoms with Crippen LogP contribution in [0.2, 0.25) is 0 Å². The molecule has 0 fully saturated rings. The van der Waals surface area contributed by atoms with Crippen LogP contribution in [0.1, 0.15) is 0 Å². The van der Waals surface area contributed by atoms with Crippen LogP contribution in [0.4, 0.5) is 0 Å². The van der Waals surface area contributed by atoms with Gasteiger partial charge in [0, 0.05) is 11.6 Å². The molecular formula is C9H6N4. The van der Waals surface area contributed by atoms with E-state index in [9.17, 15) is 0 Å². The van der Waals surface area contributed by atoms with E-state index >= 15 is 0 Å². The van der Waals surface area contributed by atoms with Crippen molar-refractivity contribution in [1.29, 1.82) is 0 Å². The number of hydrogen-bond acceptors (Lipinski definition) is 3. The van der Waals surface area contributed by atoms with Crippen LogP contribution in [0.15, 0.2) is 36.9 Å². The average Bonchev–Trinajstić information content (AvgIpc) is 2.65. The van der Waals surface area contributed by atoms with Crippen LogP contribution < -0.4 is 0 Å². The van der Waals surface area contributed by atoms with Gasteiger partial charge in [0.1, 0.15) is 6.33 Å². The number of hydrogen-bond donors (Lipinski definition) is 0. The zero-order valence-corrected chi connectivity index (χ0v) is 6.75. The zero-order valence-electron chi connectivity index (χ0n) is 6.75. The van der Waals surface area contributed by atoms with Gasteiger partial charge in [0.2, 0.25) is 0 Å². The van der Waals surface area contributed by atoms with Crippen molar-refractivity contribution in [3.8, 4) is 0 Å². The Morgan fingerprint density at radius 1 is 1.08 bits per heavy atom. The van der Waals surface area contributed by atoms with Gasteiger partial charge in [0.05, 0.1) is 11.7 Å². The SMILES string of the molecule is c1cnc2ncn3nccc3c2c1. The fourth-order valence-corrected chi connectivity index (χ4v) is 1.43. The molecule has 0 N–H and O–H groups in total. The largest absolute Gasteiger partial charge is 0.237 e. The molecule has 3 aromatic heterocycles. The third kappa shape index (κ3) is 0.823. The van der Waals surface area contributed by atoms with E-state index in [0.29, 0.717) is 0 Å². The minimum Gasteiger partial charge on any atom is -0.237 e. The summed E-state index contributed by atoms with van der Waals surface area (Å²) in [6.07, 6.45) is 5.16. The number of rotatable bonds is 0. The van der Waals surface area contributed by atoms with E-state index in [1.807, 2.05) is 18.2 Å². The summed E-state index contributed by atoms with van der Waals surface area (Å²) >= 11 is 0. The van der Waals surface area contributed by atoms with Gasteiger partial charge in [-0.15, -0.1) is 0 Å². The van der Waals surface area contributed by atoms with Gasteiger partial charge in [-0.2, -0.15) is 5.10 Å². The molecule has 0 aliphatic carbocycles. The van der Waals surface area contributed by atoms with Crippen molar-refractivity contribution >= 4 is 16.6 Å². The molecule has 0 atom stereocenters. The second-order valence-electron chi connectivity index (χ2n) is 2.78. The normalized spacial score (nSPS) is 11.1. The van der Waals surface area contributed by atoms with E-state index in [-0.39, 0.29) is 0 Å². The molecule has 0 radical (unpaired) electrons. The van der Waals surface area contributed by atoms with Crippen molar-refractivity contribution in [3.05, 3.63) is 36.9 Å². The van der Waals surface area contributed by atoms with Crippen LogP contribution in [0.5, 0.6) is 0 Å². The van der Waals surface area contributed by atoms with Crippen LogP contribution in [0.25, 0.3) is 16.6 Å². The van der Waals surface area contributed by atoms with Gasteiger partial charge in [-0.25, -0.2) is 14.5 Å². The molecular weight excluding hydrogens is 164 g/mol. The number of fused-ring (bicyclic) bond motifs is 3. The highest BCUT2D eigenvalue weighted by Gasteiger charge is 2.00. The van der Waals surface area contributed by atoms with E-state index in [4.69, 9.17) is 0 Å². The summed E-state index contributed by atoms with van der Waals surface area (Å²) in [4.78, 5) is 8.33. The van der Waals surface area contributed by atoms with E-state index in [1.165, 1.54) is 0 Å². The van der Waals surface area contributed by atoms with E-state index < -0.39 is 0 Å². The molecule has 4 heteroatoms. The first-order valence-electron chi connectivity index (χ1n) is 3.98. The molecule has 0 aromatic carbocycles. The molecule has 3 aromatic rings. The average molecular weight is 170 g/mol. The lowest BCUT2D eigenvalue weighted by atomic mass is 10.3. The lowest BCUT2D eigenvalue weighted by Gasteiger charge is -1.96. The molecule has 0 spiro atoms. The highest BCUT2D eigenvalue weighted by molar-refractivity contribution is 5.90. The maximum Gasteiger partial charge on any atom is 0.163 e. The Labute approximate surface area is 73.9 Å². The lowest BCUT2D eigenvalue weighted by molar-refractivity contribution is 0.930. The fraction of sp³-hybridized carbons (Fsp3) is 0. The highest BCUT2D eigenvalue weighted by Crippen LogP contribution is 2.13. The molecule has 0 saturated heterocycles.